The van der Waals surface area contributed by atoms with E-state index in [2.05, 4.69) is 19.8 Å². The summed E-state index contributed by atoms with van der Waals surface area (Å²) in [6.07, 6.45) is 3.47. The lowest BCUT2D eigenvalue weighted by Gasteiger charge is -2.36. The third-order valence-corrected chi connectivity index (χ3v) is 7.62. The van der Waals surface area contributed by atoms with Gasteiger partial charge in [0.1, 0.15) is 17.2 Å². The summed E-state index contributed by atoms with van der Waals surface area (Å²) in [4.78, 5) is 42.5. The van der Waals surface area contributed by atoms with Crippen LogP contribution in [0.15, 0.2) is 71.9 Å². The summed E-state index contributed by atoms with van der Waals surface area (Å²) in [5.41, 5.74) is -4.52. The number of halogens is 3. The van der Waals surface area contributed by atoms with Crippen molar-refractivity contribution < 1.29 is 22.8 Å². The Balaban J connectivity index is 1.28. The molecule has 3 aromatic rings. The first-order valence-electron chi connectivity index (χ1n) is 12.4. The van der Waals surface area contributed by atoms with E-state index in [-0.39, 0.29) is 28.9 Å². The van der Waals surface area contributed by atoms with E-state index in [0.717, 1.165) is 48.3 Å². The maximum Gasteiger partial charge on any atom is 0.446 e. The van der Waals surface area contributed by atoms with Crippen LogP contribution in [-0.2, 0) is 11.3 Å². The van der Waals surface area contributed by atoms with Crippen molar-refractivity contribution in [2.45, 2.75) is 36.3 Å². The van der Waals surface area contributed by atoms with Crippen molar-refractivity contribution in [3.05, 3.63) is 72.6 Å². The van der Waals surface area contributed by atoms with Crippen molar-refractivity contribution in [1.82, 2.24) is 14.9 Å². The van der Waals surface area contributed by atoms with Gasteiger partial charge in [0, 0.05) is 50.0 Å². The van der Waals surface area contributed by atoms with Crippen LogP contribution in [0.25, 0.3) is 0 Å². The van der Waals surface area contributed by atoms with E-state index in [9.17, 15) is 22.8 Å². The van der Waals surface area contributed by atoms with Gasteiger partial charge in [-0.15, -0.1) is 0 Å². The zero-order valence-electron chi connectivity index (χ0n) is 21.4. The molecule has 0 unspecified atom stereocenters. The van der Waals surface area contributed by atoms with Crippen LogP contribution in [0.5, 0.6) is 0 Å². The smallest absolute Gasteiger partial charge is 0.353 e. The molecule has 2 fully saturated rings. The SMILES string of the molecule is CC1(C)C(=O)N(c2ccc(SC(F)(F)F)cc2)C(=O)N1Cc1ccnc(N2CCN(c3ccccn3)CC2)c1. The highest BCUT2D eigenvalue weighted by Crippen LogP contribution is 2.39. The number of aromatic nitrogens is 2. The molecule has 0 radical (unpaired) electrons. The molecule has 4 heterocycles. The van der Waals surface area contributed by atoms with Crippen LogP contribution in [0.1, 0.15) is 19.4 Å². The number of nitrogens with zero attached hydrogens (tertiary/aromatic N) is 6. The minimum atomic E-state index is -4.42. The van der Waals surface area contributed by atoms with Crippen LogP contribution >= 0.6 is 11.8 Å². The molecule has 1 aromatic carbocycles. The molecule has 8 nitrogen and oxygen atoms in total. The van der Waals surface area contributed by atoms with Gasteiger partial charge in [0.25, 0.3) is 5.91 Å². The fraction of sp³-hybridized carbons (Fsp3) is 0.333. The number of imide groups is 1. The van der Waals surface area contributed by atoms with Crippen molar-refractivity contribution in [2.24, 2.45) is 0 Å². The van der Waals surface area contributed by atoms with E-state index in [4.69, 9.17) is 0 Å². The number of piperazine rings is 1. The van der Waals surface area contributed by atoms with Gasteiger partial charge in [-0.05, 0) is 79.7 Å². The molecule has 2 aliphatic heterocycles. The second kappa shape index (κ2) is 10.4. The largest absolute Gasteiger partial charge is 0.446 e. The molecular weight excluding hydrogens is 529 g/mol. The van der Waals surface area contributed by atoms with Crippen LogP contribution < -0.4 is 14.7 Å². The standard InChI is InChI=1S/C27H27F3N6O2S/c1-26(2)24(37)36(20-6-8-21(9-7-20)39-27(28,29)30)25(38)35(26)18-19-10-12-32-23(17-19)34-15-13-33(14-16-34)22-5-3-4-11-31-22/h3-12,17H,13-16,18H2,1-2H3. The summed E-state index contributed by atoms with van der Waals surface area (Å²) >= 11 is -0.247. The topological polar surface area (TPSA) is 72.9 Å². The Kier molecular flexibility index (Phi) is 7.15. The highest BCUT2D eigenvalue weighted by molar-refractivity contribution is 8.00. The Hall–Kier alpha value is -3.80. The zero-order chi connectivity index (χ0) is 27.8. The average molecular weight is 557 g/mol. The molecule has 3 amide bonds. The van der Waals surface area contributed by atoms with Gasteiger partial charge in [0.15, 0.2) is 0 Å². The first-order valence-corrected chi connectivity index (χ1v) is 13.2. The number of anilines is 3. The van der Waals surface area contributed by atoms with Gasteiger partial charge in [-0.3, -0.25) is 4.79 Å². The van der Waals surface area contributed by atoms with Gasteiger partial charge in [-0.25, -0.2) is 19.7 Å². The lowest BCUT2D eigenvalue weighted by molar-refractivity contribution is -0.123. The van der Waals surface area contributed by atoms with Crippen LogP contribution in [0.3, 0.4) is 0 Å². The maximum atomic E-state index is 13.4. The molecule has 0 N–H and O–H groups in total. The minimum Gasteiger partial charge on any atom is -0.353 e. The van der Waals surface area contributed by atoms with E-state index in [1.54, 1.807) is 26.2 Å². The van der Waals surface area contributed by atoms with Crippen molar-refractivity contribution in [2.75, 3.05) is 40.9 Å². The van der Waals surface area contributed by atoms with Crippen molar-refractivity contribution in [3.8, 4) is 0 Å². The maximum absolute atomic E-state index is 13.4. The molecule has 5 rings (SSSR count). The Morgan fingerprint density at radius 3 is 2.13 bits per heavy atom. The molecule has 204 valence electrons. The predicted molar refractivity (Wildman–Crippen MR) is 144 cm³/mol. The number of urea groups is 1. The van der Waals surface area contributed by atoms with E-state index in [0.29, 0.717) is 0 Å². The summed E-state index contributed by atoms with van der Waals surface area (Å²) in [5.74, 6) is 1.29. The Morgan fingerprint density at radius 2 is 1.51 bits per heavy atom. The van der Waals surface area contributed by atoms with E-state index in [1.807, 2.05) is 30.3 Å². The van der Waals surface area contributed by atoms with Gasteiger partial charge < -0.3 is 14.7 Å². The third kappa shape index (κ3) is 5.65. The molecule has 2 saturated heterocycles. The van der Waals surface area contributed by atoms with Crippen LogP contribution in [-0.4, -0.2) is 64.0 Å². The van der Waals surface area contributed by atoms with Crippen molar-refractivity contribution in [3.63, 3.8) is 0 Å². The first kappa shape index (κ1) is 26.8. The molecule has 0 aliphatic carbocycles. The second-order valence-corrected chi connectivity index (χ2v) is 10.9. The fourth-order valence-electron chi connectivity index (χ4n) is 4.75. The second-order valence-electron chi connectivity index (χ2n) is 9.79. The lowest BCUT2D eigenvalue weighted by Crippen LogP contribution is -2.47. The number of hydrogen-bond acceptors (Lipinski definition) is 7. The average Bonchev–Trinajstić information content (AvgIpc) is 3.08. The Morgan fingerprint density at radius 1 is 0.872 bits per heavy atom. The number of amides is 3. The first-order chi connectivity index (χ1) is 18.5. The van der Waals surface area contributed by atoms with Crippen LogP contribution in [0.4, 0.5) is 35.3 Å². The van der Waals surface area contributed by atoms with Gasteiger partial charge in [0.2, 0.25) is 0 Å². The molecule has 0 atom stereocenters. The van der Waals surface area contributed by atoms with Crippen LogP contribution in [0, 0.1) is 0 Å². The number of hydrogen-bond donors (Lipinski definition) is 0. The summed E-state index contributed by atoms with van der Waals surface area (Å²) in [5, 5.41) is 0. The fourth-order valence-corrected chi connectivity index (χ4v) is 5.28. The molecule has 0 spiro atoms. The van der Waals surface area contributed by atoms with Crippen molar-refractivity contribution >= 4 is 41.0 Å². The monoisotopic (exact) mass is 556 g/mol. The molecule has 12 heteroatoms. The number of alkyl halides is 3. The summed E-state index contributed by atoms with van der Waals surface area (Å²) in [7, 11) is 0. The summed E-state index contributed by atoms with van der Waals surface area (Å²) < 4.78 is 38.1. The van der Waals surface area contributed by atoms with E-state index < -0.39 is 23.0 Å². The molecule has 39 heavy (non-hydrogen) atoms. The molecule has 0 saturated carbocycles. The number of carbonyl (C=O) groups is 2. The normalized spacial score (nSPS) is 17.8. The van der Waals surface area contributed by atoms with Gasteiger partial charge in [-0.2, -0.15) is 13.2 Å². The Labute approximate surface area is 228 Å². The lowest BCUT2D eigenvalue weighted by atomic mass is 10.0. The minimum absolute atomic E-state index is 0.0216. The molecule has 0 bridgehead atoms. The zero-order valence-corrected chi connectivity index (χ0v) is 22.2. The van der Waals surface area contributed by atoms with E-state index in [1.165, 1.54) is 29.2 Å². The number of rotatable bonds is 6. The van der Waals surface area contributed by atoms with Gasteiger partial charge in [-0.1, -0.05) is 6.07 Å². The number of pyridine rings is 2. The predicted octanol–water partition coefficient (Wildman–Crippen LogP) is 5.16. The quantitative estimate of drug-likeness (QED) is 0.307. The highest BCUT2D eigenvalue weighted by atomic mass is 32.2. The van der Waals surface area contributed by atoms with Gasteiger partial charge >= 0.3 is 11.5 Å². The number of benzene rings is 1. The van der Waals surface area contributed by atoms with Crippen LogP contribution in [0.2, 0.25) is 0 Å². The highest BCUT2D eigenvalue weighted by Gasteiger charge is 2.51. The number of thioether (sulfide) groups is 1. The van der Waals surface area contributed by atoms with Gasteiger partial charge in [0.05, 0.1) is 5.69 Å². The summed E-state index contributed by atoms with van der Waals surface area (Å²) in [6, 6.07) is 14.3. The molecular formula is C27H27F3N6O2S. The summed E-state index contributed by atoms with van der Waals surface area (Å²) in [6.45, 7) is 6.63. The molecule has 2 aromatic heterocycles. The third-order valence-electron chi connectivity index (χ3n) is 6.88. The molecule has 2 aliphatic rings. The Bertz CT molecular complexity index is 1350. The van der Waals surface area contributed by atoms with E-state index >= 15 is 0 Å². The number of carbonyl (C=O) groups excluding carboxylic acids is 2. The van der Waals surface area contributed by atoms with Crippen molar-refractivity contribution in [1.29, 1.82) is 0 Å².